The van der Waals surface area contributed by atoms with Crippen LogP contribution in [0.3, 0.4) is 0 Å². The average molecular weight is 215 g/mol. The number of carbonyl (C=O) groups excluding carboxylic acids is 4. The molecule has 2 aliphatic rings. The maximum absolute atomic E-state index is 10.9. The van der Waals surface area contributed by atoms with Crippen LogP contribution in [0, 0.1) is 0 Å². The van der Waals surface area contributed by atoms with Crippen molar-refractivity contribution in [3.8, 4) is 0 Å². The predicted octanol–water partition coefficient (Wildman–Crippen LogP) is -1.60. The first-order valence-electron chi connectivity index (χ1n) is 3.99. The first-order valence-corrected chi connectivity index (χ1v) is 3.99. The van der Waals surface area contributed by atoms with E-state index < -0.39 is 43.7 Å². The lowest BCUT2D eigenvalue weighted by Gasteiger charge is -2.42. The molecule has 80 valence electrons. The van der Waals surface area contributed by atoms with Gasteiger partial charge in [-0.2, -0.15) is 0 Å². The van der Waals surface area contributed by atoms with E-state index in [1.807, 2.05) is 0 Å². The highest BCUT2D eigenvalue weighted by molar-refractivity contribution is 6.63. The van der Waals surface area contributed by atoms with Gasteiger partial charge in [-0.15, -0.1) is 0 Å². The summed E-state index contributed by atoms with van der Waals surface area (Å²) in [5, 5.41) is 0. The van der Waals surface area contributed by atoms with Gasteiger partial charge in [0, 0.05) is 0 Å². The molecule has 2 heterocycles. The summed E-state index contributed by atoms with van der Waals surface area (Å²) < 4.78 is 17.7. The molecule has 0 aromatic heterocycles. The van der Waals surface area contributed by atoms with E-state index in [1.165, 1.54) is 0 Å². The van der Waals surface area contributed by atoms with E-state index in [9.17, 15) is 19.2 Å². The van der Waals surface area contributed by atoms with Gasteiger partial charge < -0.3 is 18.6 Å². The van der Waals surface area contributed by atoms with Gasteiger partial charge in [0.25, 0.3) is 23.9 Å². The lowest BCUT2D eigenvalue weighted by Crippen LogP contribution is -2.59. The Morgan fingerprint density at radius 1 is 0.667 bits per heavy atom. The Bertz CT molecular complexity index is 302. The van der Waals surface area contributed by atoms with Crippen molar-refractivity contribution in [3.05, 3.63) is 0 Å². The molecule has 1 spiro atoms. The minimum atomic E-state index is -3.36. The number of hydrogen-bond donors (Lipinski definition) is 0. The summed E-state index contributed by atoms with van der Waals surface area (Å²) in [7, 11) is 0. The number of hydrogen-bond acceptors (Lipinski definition) is 8. The van der Waals surface area contributed by atoms with E-state index in [2.05, 4.69) is 18.6 Å². The van der Waals surface area contributed by atoms with Crippen molar-refractivity contribution in [2.75, 3.05) is 0 Å². The molecule has 8 nitrogen and oxygen atoms in total. The first kappa shape index (κ1) is 9.50. The van der Waals surface area contributed by atoms with Crippen LogP contribution < -0.4 is 0 Å². The quantitative estimate of drug-likeness (QED) is 0.351. The van der Waals surface area contributed by atoms with Crippen LogP contribution in [0.1, 0.15) is 12.8 Å². The van der Waals surface area contributed by atoms with Crippen LogP contribution in [0.4, 0.5) is 0 Å². The van der Waals surface area contributed by atoms with E-state index >= 15 is 0 Å². The summed E-state index contributed by atoms with van der Waals surface area (Å²) in [6.45, 7) is -3.36. The van der Waals surface area contributed by atoms with Gasteiger partial charge in [0.1, 0.15) is 12.8 Å². The lowest BCUT2D eigenvalue weighted by molar-refractivity contribution is -0.177. The molecule has 0 amide bonds. The molecule has 15 heavy (non-hydrogen) atoms. The van der Waals surface area contributed by atoms with E-state index in [0.717, 1.165) is 0 Å². The van der Waals surface area contributed by atoms with E-state index in [1.54, 1.807) is 0 Å². The molecule has 0 unspecified atom stereocenters. The van der Waals surface area contributed by atoms with Crippen LogP contribution in [0.2, 0.25) is 0 Å². The van der Waals surface area contributed by atoms with Gasteiger partial charge in [0.05, 0.1) is 0 Å². The van der Waals surface area contributed by atoms with Gasteiger partial charge in [-0.25, -0.2) is 0 Å². The average Bonchev–Trinajstić information content (AvgIpc) is 1.96. The van der Waals surface area contributed by atoms with Crippen molar-refractivity contribution in [1.82, 2.24) is 0 Å². The summed E-state index contributed by atoms with van der Waals surface area (Å²) in [5.74, 6) is -3.91. The zero-order valence-corrected chi connectivity index (χ0v) is 7.26. The Morgan fingerprint density at radius 2 is 0.933 bits per heavy atom. The summed E-state index contributed by atoms with van der Waals surface area (Å²) in [5.41, 5.74) is 0. The van der Waals surface area contributed by atoms with Gasteiger partial charge in [-0.1, -0.05) is 0 Å². The fourth-order valence-corrected chi connectivity index (χ4v) is 1.19. The summed E-state index contributed by atoms with van der Waals surface area (Å²) in [4.78, 5) is 43.5. The van der Waals surface area contributed by atoms with Crippen molar-refractivity contribution in [1.29, 1.82) is 0 Å². The van der Waals surface area contributed by atoms with E-state index in [0.29, 0.717) is 0 Å². The Kier molecular flexibility index (Phi) is 1.88. The van der Waals surface area contributed by atoms with Crippen molar-refractivity contribution < 1.29 is 37.8 Å². The molecule has 0 N–H and O–H groups in total. The molecule has 0 atom stereocenters. The Hall–Kier alpha value is -2.06. The Balaban J connectivity index is 2.24. The van der Waals surface area contributed by atoms with Crippen LogP contribution >= 0.6 is 0 Å². The maximum Gasteiger partial charge on any atom is 0.784 e. The first-order chi connectivity index (χ1) is 6.99. The van der Waals surface area contributed by atoms with Gasteiger partial charge in [0.15, 0.2) is 0 Å². The largest absolute Gasteiger partial charge is 0.784 e. The van der Waals surface area contributed by atoms with Gasteiger partial charge in [-0.3, -0.25) is 19.2 Å². The van der Waals surface area contributed by atoms with Crippen LogP contribution in [-0.2, 0) is 37.8 Å². The van der Waals surface area contributed by atoms with Crippen molar-refractivity contribution in [3.63, 3.8) is 0 Å². The predicted molar refractivity (Wildman–Crippen MR) is 39.4 cm³/mol. The second-order valence-corrected chi connectivity index (χ2v) is 2.89. The molecule has 2 fully saturated rings. The zero-order valence-electron chi connectivity index (χ0n) is 7.26. The van der Waals surface area contributed by atoms with Crippen LogP contribution in [0.25, 0.3) is 0 Å². The van der Waals surface area contributed by atoms with Crippen molar-refractivity contribution in [2.45, 2.75) is 12.8 Å². The highest BCUT2D eigenvalue weighted by Crippen LogP contribution is 2.23. The fraction of sp³-hybridized carbons (Fsp3) is 0.333. The molecule has 2 aliphatic heterocycles. The van der Waals surface area contributed by atoms with E-state index in [4.69, 9.17) is 0 Å². The van der Waals surface area contributed by atoms with Gasteiger partial charge in [-0.05, 0) is 0 Å². The maximum atomic E-state index is 10.9. The smallest absolute Gasteiger partial charge is 0.584 e. The monoisotopic (exact) mass is 215 g/mol. The Morgan fingerprint density at radius 3 is 1.20 bits per heavy atom. The van der Waals surface area contributed by atoms with E-state index in [-0.39, 0.29) is 0 Å². The lowest BCUT2D eigenvalue weighted by atomic mass is 10.0. The van der Waals surface area contributed by atoms with Crippen LogP contribution in [0.5, 0.6) is 0 Å². The minimum Gasteiger partial charge on any atom is -0.584 e. The standard InChI is InChI=1S/C6H4BO8/c8-3-1-4(9)13-7(12-3)14-5(10)2-6(11)15-7/h1-2H2/q-1. The Labute approximate surface area is 82.5 Å². The molecular formula is C6H4BO8-. The SMILES string of the molecule is O=C1CC(=O)O[B-]2(O1)OC(=O)CC(=O)O2. The molecule has 2 saturated heterocycles. The highest BCUT2D eigenvalue weighted by atomic mass is 16.9. The molecule has 0 bridgehead atoms. The third-order valence-electron chi connectivity index (χ3n) is 1.68. The topological polar surface area (TPSA) is 105 Å². The molecule has 9 heteroatoms. The van der Waals surface area contributed by atoms with Crippen molar-refractivity contribution >= 4 is 30.8 Å². The molecule has 2 rings (SSSR count). The normalized spacial score (nSPS) is 24.0. The van der Waals surface area contributed by atoms with Gasteiger partial charge >= 0.3 is 6.96 Å². The molecule has 0 saturated carbocycles. The molecule has 0 aromatic rings. The van der Waals surface area contributed by atoms with Crippen molar-refractivity contribution in [2.24, 2.45) is 0 Å². The number of carbonyl (C=O) groups is 4. The molecule has 0 aliphatic carbocycles. The summed E-state index contributed by atoms with van der Waals surface area (Å²) in [6, 6.07) is 0. The summed E-state index contributed by atoms with van der Waals surface area (Å²) >= 11 is 0. The molecule has 0 aromatic carbocycles. The fourth-order valence-electron chi connectivity index (χ4n) is 1.19. The highest BCUT2D eigenvalue weighted by Gasteiger charge is 2.53. The second-order valence-electron chi connectivity index (χ2n) is 2.89. The zero-order chi connectivity index (χ0) is 11.1. The van der Waals surface area contributed by atoms with Gasteiger partial charge in [0.2, 0.25) is 0 Å². The minimum absolute atomic E-state index is 0.612. The summed E-state index contributed by atoms with van der Waals surface area (Å²) in [6.07, 6.45) is -1.22. The molecular weight excluding hydrogens is 211 g/mol. The number of rotatable bonds is 0. The third-order valence-corrected chi connectivity index (χ3v) is 1.68. The van der Waals surface area contributed by atoms with Crippen LogP contribution in [0.15, 0.2) is 0 Å². The third kappa shape index (κ3) is 1.76. The second kappa shape index (κ2) is 2.97. The molecule has 0 radical (unpaired) electrons. The van der Waals surface area contributed by atoms with Crippen LogP contribution in [-0.4, -0.2) is 30.8 Å².